The standard InChI is InChI=1S/C7H14F3NO3S/c1-2-15(12,13)6-4-11-3-5-14-7(8,9)10/h11H,2-6H2,1H3. The van der Waals surface area contributed by atoms with Gasteiger partial charge < -0.3 is 5.32 Å². The Morgan fingerprint density at radius 3 is 2.33 bits per heavy atom. The highest BCUT2D eigenvalue weighted by Gasteiger charge is 2.28. The van der Waals surface area contributed by atoms with Crippen LogP contribution in [0.4, 0.5) is 13.2 Å². The van der Waals surface area contributed by atoms with Gasteiger partial charge in [0.2, 0.25) is 0 Å². The fraction of sp³-hybridized carbons (Fsp3) is 1.00. The van der Waals surface area contributed by atoms with E-state index in [9.17, 15) is 21.6 Å². The van der Waals surface area contributed by atoms with Gasteiger partial charge in [0.25, 0.3) is 0 Å². The zero-order chi connectivity index (χ0) is 11.9. The lowest BCUT2D eigenvalue weighted by Gasteiger charge is -2.08. The van der Waals surface area contributed by atoms with Crippen LogP contribution in [0.3, 0.4) is 0 Å². The minimum atomic E-state index is -4.63. The zero-order valence-electron chi connectivity index (χ0n) is 8.30. The highest BCUT2D eigenvalue weighted by Crippen LogP contribution is 2.14. The fourth-order valence-corrected chi connectivity index (χ4v) is 1.48. The zero-order valence-corrected chi connectivity index (χ0v) is 9.12. The Morgan fingerprint density at radius 2 is 1.87 bits per heavy atom. The molecular formula is C7H14F3NO3S. The third-order valence-electron chi connectivity index (χ3n) is 1.57. The molecule has 0 bridgehead atoms. The van der Waals surface area contributed by atoms with Crippen molar-refractivity contribution in [2.24, 2.45) is 0 Å². The Morgan fingerprint density at radius 1 is 1.27 bits per heavy atom. The van der Waals surface area contributed by atoms with E-state index >= 15 is 0 Å². The molecule has 8 heteroatoms. The summed E-state index contributed by atoms with van der Waals surface area (Å²) in [6.07, 6.45) is -4.63. The van der Waals surface area contributed by atoms with E-state index < -0.39 is 22.8 Å². The van der Waals surface area contributed by atoms with Crippen molar-refractivity contribution in [2.45, 2.75) is 13.3 Å². The molecule has 0 unspecified atom stereocenters. The molecule has 0 amide bonds. The summed E-state index contributed by atoms with van der Waals surface area (Å²) >= 11 is 0. The van der Waals surface area contributed by atoms with Gasteiger partial charge >= 0.3 is 6.36 Å². The van der Waals surface area contributed by atoms with Crippen LogP contribution in [-0.2, 0) is 14.6 Å². The van der Waals surface area contributed by atoms with Crippen molar-refractivity contribution in [1.82, 2.24) is 5.32 Å². The molecule has 0 aliphatic heterocycles. The van der Waals surface area contributed by atoms with Crippen molar-refractivity contribution in [3.8, 4) is 0 Å². The molecule has 15 heavy (non-hydrogen) atoms. The molecule has 92 valence electrons. The number of hydrogen-bond acceptors (Lipinski definition) is 4. The van der Waals surface area contributed by atoms with E-state index in [0.29, 0.717) is 0 Å². The first kappa shape index (κ1) is 14.7. The molecule has 0 aromatic rings. The average molecular weight is 249 g/mol. The molecule has 0 radical (unpaired) electrons. The highest BCUT2D eigenvalue weighted by molar-refractivity contribution is 7.91. The Balaban J connectivity index is 3.42. The van der Waals surface area contributed by atoms with E-state index in [1.807, 2.05) is 0 Å². The van der Waals surface area contributed by atoms with Gasteiger partial charge in [0.15, 0.2) is 9.84 Å². The van der Waals surface area contributed by atoms with Crippen LogP contribution in [0, 0.1) is 0 Å². The third-order valence-corrected chi connectivity index (χ3v) is 3.28. The van der Waals surface area contributed by atoms with Crippen molar-refractivity contribution >= 4 is 9.84 Å². The Labute approximate surface area is 86.7 Å². The Bertz CT molecular complexity index is 263. The lowest BCUT2D eigenvalue weighted by Crippen LogP contribution is -2.28. The second kappa shape index (κ2) is 6.29. The molecule has 0 aliphatic carbocycles. The van der Waals surface area contributed by atoms with Gasteiger partial charge in [-0.3, -0.25) is 4.74 Å². The summed E-state index contributed by atoms with van der Waals surface area (Å²) in [5.74, 6) is -0.0384. The third kappa shape index (κ3) is 9.95. The molecule has 0 fully saturated rings. The fourth-order valence-electron chi connectivity index (χ4n) is 0.736. The molecule has 0 rings (SSSR count). The normalized spacial score (nSPS) is 13.1. The lowest BCUT2D eigenvalue weighted by atomic mass is 10.6. The van der Waals surface area contributed by atoms with E-state index in [-0.39, 0.29) is 24.6 Å². The van der Waals surface area contributed by atoms with E-state index in [4.69, 9.17) is 0 Å². The van der Waals surface area contributed by atoms with Gasteiger partial charge in [-0.1, -0.05) is 6.92 Å². The number of nitrogens with one attached hydrogen (secondary N) is 1. The summed E-state index contributed by atoms with van der Waals surface area (Å²) in [5.41, 5.74) is 0. The first-order valence-electron chi connectivity index (χ1n) is 4.38. The topological polar surface area (TPSA) is 55.4 Å². The first-order valence-corrected chi connectivity index (χ1v) is 6.21. The number of alkyl halides is 3. The van der Waals surface area contributed by atoms with E-state index in [1.54, 1.807) is 0 Å². The second-order valence-electron chi connectivity index (χ2n) is 2.78. The summed E-state index contributed by atoms with van der Waals surface area (Å²) < 4.78 is 59.7. The van der Waals surface area contributed by atoms with Crippen molar-refractivity contribution in [1.29, 1.82) is 0 Å². The second-order valence-corrected chi connectivity index (χ2v) is 5.25. The van der Waals surface area contributed by atoms with E-state index in [1.165, 1.54) is 6.92 Å². The molecular weight excluding hydrogens is 235 g/mol. The van der Waals surface area contributed by atoms with Crippen molar-refractivity contribution in [3.05, 3.63) is 0 Å². The van der Waals surface area contributed by atoms with Crippen LogP contribution in [0.25, 0.3) is 0 Å². The van der Waals surface area contributed by atoms with Crippen LogP contribution < -0.4 is 5.32 Å². The molecule has 0 atom stereocenters. The minimum absolute atomic E-state index is 0.0290. The summed E-state index contributed by atoms with van der Waals surface area (Å²) in [5, 5.41) is 2.54. The molecule has 0 aliphatic rings. The van der Waals surface area contributed by atoms with E-state index in [2.05, 4.69) is 10.1 Å². The van der Waals surface area contributed by atoms with E-state index in [0.717, 1.165) is 0 Å². The van der Waals surface area contributed by atoms with Gasteiger partial charge in [-0.25, -0.2) is 8.42 Å². The van der Waals surface area contributed by atoms with Crippen LogP contribution >= 0.6 is 0 Å². The summed E-state index contributed by atoms with van der Waals surface area (Å²) in [4.78, 5) is 0. The summed E-state index contributed by atoms with van der Waals surface area (Å²) in [6.45, 7) is 1.11. The predicted octanol–water partition coefficient (Wildman–Crippen LogP) is 0.547. The molecule has 0 spiro atoms. The van der Waals surface area contributed by atoms with Crippen molar-refractivity contribution in [2.75, 3.05) is 31.2 Å². The number of rotatable bonds is 7. The average Bonchev–Trinajstić information content (AvgIpc) is 2.09. The number of hydrogen-bond donors (Lipinski definition) is 1. The monoisotopic (exact) mass is 249 g/mol. The van der Waals surface area contributed by atoms with Crippen LogP contribution in [0.5, 0.6) is 0 Å². The molecule has 0 saturated heterocycles. The summed E-state index contributed by atoms with van der Waals surface area (Å²) in [6, 6.07) is 0. The molecule has 1 N–H and O–H groups in total. The molecule has 4 nitrogen and oxygen atoms in total. The maximum absolute atomic E-state index is 11.5. The SMILES string of the molecule is CCS(=O)(=O)CCNCCOC(F)(F)F. The molecule has 0 saturated carbocycles. The Hall–Kier alpha value is -0.340. The van der Waals surface area contributed by atoms with Crippen molar-refractivity contribution in [3.63, 3.8) is 0 Å². The predicted molar refractivity (Wildman–Crippen MR) is 49.2 cm³/mol. The van der Waals surface area contributed by atoms with Crippen LogP contribution in [-0.4, -0.2) is 46.0 Å². The summed E-state index contributed by atoms with van der Waals surface area (Å²) in [7, 11) is -3.06. The van der Waals surface area contributed by atoms with Gasteiger partial charge in [0.05, 0.1) is 12.4 Å². The smallest absolute Gasteiger partial charge is 0.313 e. The van der Waals surface area contributed by atoms with Crippen LogP contribution in [0.15, 0.2) is 0 Å². The lowest BCUT2D eigenvalue weighted by molar-refractivity contribution is -0.323. The molecule has 0 heterocycles. The molecule has 0 aromatic carbocycles. The van der Waals surface area contributed by atoms with Gasteiger partial charge in [0.1, 0.15) is 0 Å². The minimum Gasteiger partial charge on any atom is -0.313 e. The van der Waals surface area contributed by atoms with Gasteiger partial charge in [-0.05, 0) is 0 Å². The van der Waals surface area contributed by atoms with Crippen molar-refractivity contribution < 1.29 is 26.3 Å². The maximum Gasteiger partial charge on any atom is 0.522 e. The highest BCUT2D eigenvalue weighted by atomic mass is 32.2. The Kier molecular flexibility index (Phi) is 6.15. The number of ether oxygens (including phenoxy) is 1. The first-order chi connectivity index (χ1) is 6.77. The van der Waals surface area contributed by atoms with Gasteiger partial charge in [-0.2, -0.15) is 0 Å². The quantitative estimate of drug-likeness (QED) is 0.669. The number of halogens is 3. The van der Waals surface area contributed by atoms with Gasteiger partial charge in [0, 0.05) is 18.8 Å². The number of sulfone groups is 1. The maximum atomic E-state index is 11.5. The van der Waals surface area contributed by atoms with Crippen LogP contribution in [0.1, 0.15) is 6.92 Å². The largest absolute Gasteiger partial charge is 0.522 e. The molecule has 0 aromatic heterocycles. The van der Waals surface area contributed by atoms with Gasteiger partial charge in [-0.15, -0.1) is 13.2 Å². The van der Waals surface area contributed by atoms with Crippen LogP contribution in [0.2, 0.25) is 0 Å².